The maximum Gasteiger partial charge on any atom is 0.291 e. The first-order valence-corrected chi connectivity index (χ1v) is 6.44. The summed E-state index contributed by atoms with van der Waals surface area (Å²) in [7, 11) is 1.57. The molecule has 1 aliphatic heterocycles. The fourth-order valence-corrected chi connectivity index (χ4v) is 2.30. The molecule has 5 nitrogen and oxygen atoms in total. The first-order valence-electron chi connectivity index (χ1n) is 6.44. The minimum atomic E-state index is -0.721. The van der Waals surface area contributed by atoms with Crippen molar-refractivity contribution in [2.24, 2.45) is 0 Å². The minimum absolute atomic E-state index is 0.0267. The van der Waals surface area contributed by atoms with Crippen LogP contribution in [0, 0.1) is 10.1 Å². The molecular formula is C16H13NO4. The molecule has 1 aliphatic rings. The average molecular weight is 283 g/mol. The van der Waals surface area contributed by atoms with Gasteiger partial charge in [0, 0.05) is 23.3 Å². The van der Waals surface area contributed by atoms with E-state index in [0.29, 0.717) is 17.1 Å². The van der Waals surface area contributed by atoms with E-state index in [2.05, 4.69) is 0 Å². The van der Waals surface area contributed by atoms with E-state index in [-0.39, 0.29) is 5.70 Å². The second kappa shape index (κ2) is 5.28. The van der Waals surface area contributed by atoms with Crippen molar-refractivity contribution < 1.29 is 14.4 Å². The van der Waals surface area contributed by atoms with Crippen molar-refractivity contribution in [2.75, 3.05) is 7.11 Å². The first-order chi connectivity index (χ1) is 10.2. The van der Waals surface area contributed by atoms with Crippen LogP contribution in [-0.4, -0.2) is 12.0 Å². The van der Waals surface area contributed by atoms with Crippen molar-refractivity contribution in [2.45, 2.75) is 6.10 Å². The Hall–Kier alpha value is -2.82. The SMILES string of the molecule is COc1ccc2c(c1)O[C@H](c1ccccc1)C([N+](=O)[O-])=C2. The number of nitro groups is 1. The molecule has 0 radical (unpaired) electrons. The molecule has 0 saturated heterocycles. The molecule has 0 unspecified atom stereocenters. The van der Waals surface area contributed by atoms with Crippen LogP contribution in [0.2, 0.25) is 0 Å². The van der Waals surface area contributed by atoms with Crippen molar-refractivity contribution >= 4 is 6.08 Å². The zero-order valence-electron chi connectivity index (χ0n) is 11.4. The van der Waals surface area contributed by atoms with Gasteiger partial charge in [0.2, 0.25) is 6.10 Å². The summed E-state index contributed by atoms with van der Waals surface area (Å²) in [6.45, 7) is 0. The van der Waals surface area contributed by atoms with E-state index in [0.717, 1.165) is 5.56 Å². The molecule has 0 aromatic heterocycles. The third-order valence-electron chi connectivity index (χ3n) is 3.35. The fraction of sp³-hybridized carbons (Fsp3) is 0.125. The summed E-state index contributed by atoms with van der Waals surface area (Å²) in [5.41, 5.74) is 1.45. The van der Waals surface area contributed by atoms with Gasteiger partial charge in [-0.05, 0) is 12.1 Å². The van der Waals surface area contributed by atoms with Crippen LogP contribution < -0.4 is 9.47 Å². The smallest absolute Gasteiger partial charge is 0.291 e. The third kappa shape index (κ3) is 2.45. The molecule has 5 heteroatoms. The Bertz CT molecular complexity index is 709. The van der Waals surface area contributed by atoms with Crippen LogP contribution in [0.5, 0.6) is 11.5 Å². The fourth-order valence-electron chi connectivity index (χ4n) is 2.30. The number of hydrogen-bond acceptors (Lipinski definition) is 4. The zero-order valence-corrected chi connectivity index (χ0v) is 11.4. The van der Waals surface area contributed by atoms with E-state index in [1.54, 1.807) is 31.4 Å². The molecule has 0 N–H and O–H groups in total. The summed E-state index contributed by atoms with van der Waals surface area (Å²) in [5.74, 6) is 1.23. The van der Waals surface area contributed by atoms with Crippen molar-refractivity contribution in [3.63, 3.8) is 0 Å². The highest BCUT2D eigenvalue weighted by molar-refractivity contribution is 5.63. The van der Waals surface area contributed by atoms with Gasteiger partial charge in [-0.25, -0.2) is 0 Å². The number of benzene rings is 2. The van der Waals surface area contributed by atoms with E-state index in [9.17, 15) is 10.1 Å². The van der Waals surface area contributed by atoms with Crippen LogP contribution in [0.3, 0.4) is 0 Å². The lowest BCUT2D eigenvalue weighted by Gasteiger charge is -2.23. The molecule has 3 rings (SSSR count). The Balaban J connectivity index is 2.08. The van der Waals surface area contributed by atoms with Crippen molar-refractivity contribution in [3.8, 4) is 11.5 Å². The second-order valence-corrected chi connectivity index (χ2v) is 4.64. The van der Waals surface area contributed by atoms with Crippen LogP contribution in [0.25, 0.3) is 6.08 Å². The molecule has 1 atom stereocenters. The van der Waals surface area contributed by atoms with Crippen LogP contribution >= 0.6 is 0 Å². The Labute approximate surface area is 121 Å². The highest BCUT2D eigenvalue weighted by atomic mass is 16.6. The molecule has 0 amide bonds. The van der Waals surface area contributed by atoms with Gasteiger partial charge in [0.05, 0.1) is 12.0 Å². The normalized spacial score (nSPS) is 16.4. The molecule has 2 aromatic carbocycles. The van der Waals surface area contributed by atoms with Gasteiger partial charge in [-0.1, -0.05) is 30.3 Å². The first kappa shape index (κ1) is 13.2. The molecule has 21 heavy (non-hydrogen) atoms. The molecule has 106 valence electrons. The third-order valence-corrected chi connectivity index (χ3v) is 3.35. The number of methoxy groups -OCH3 is 1. The minimum Gasteiger partial charge on any atom is -0.497 e. The van der Waals surface area contributed by atoms with Gasteiger partial charge >= 0.3 is 0 Å². The summed E-state index contributed by atoms with van der Waals surface area (Å²) in [4.78, 5) is 10.9. The van der Waals surface area contributed by atoms with Gasteiger partial charge in [0.1, 0.15) is 11.5 Å². The lowest BCUT2D eigenvalue weighted by molar-refractivity contribution is -0.434. The number of fused-ring (bicyclic) bond motifs is 1. The maximum absolute atomic E-state index is 11.3. The summed E-state index contributed by atoms with van der Waals surface area (Å²) >= 11 is 0. The van der Waals surface area contributed by atoms with E-state index in [4.69, 9.17) is 9.47 Å². The molecule has 1 heterocycles. The molecule has 0 spiro atoms. The van der Waals surface area contributed by atoms with Crippen LogP contribution in [0.1, 0.15) is 17.2 Å². The van der Waals surface area contributed by atoms with Crippen molar-refractivity contribution in [3.05, 3.63) is 75.5 Å². The van der Waals surface area contributed by atoms with Crippen LogP contribution in [0.4, 0.5) is 0 Å². The van der Waals surface area contributed by atoms with Gasteiger partial charge in [0.25, 0.3) is 5.70 Å². The summed E-state index contributed by atoms with van der Waals surface area (Å²) in [6, 6.07) is 14.4. The van der Waals surface area contributed by atoms with Gasteiger partial charge in [0.15, 0.2) is 0 Å². The van der Waals surface area contributed by atoms with Gasteiger partial charge in [-0.3, -0.25) is 10.1 Å². The standard InChI is InChI=1S/C16H13NO4/c1-20-13-8-7-12-9-14(17(18)19)16(21-15(12)10-13)11-5-3-2-4-6-11/h2-10,16H,1H3/t16-/m1/s1. The zero-order chi connectivity index (χ0) is 14.8. The lowest BCUT2D eigenvalue weighted by Crippen LogP contribution is -2.19. The monoisotopic (exact) mass is 283 g/mol. The Kier molecular flexibility index (Phi) is 3.31. The quantitative estimate of drug-likeness (QED) is 0.639. The van der Waals surface area contributed by atoms with Gasteiger partial charge in [-0.2, -0.15) is 0 Å². The van der Waals surface area contributed by atoms with E-state index in [1.165, 1.54) is 0 Å². The predicted octanol–water partition coefficient (Wildman–Crippen LogP) is 3.45. The van der Waals surface area contributed by atoms with Gasteiger partial charge in [-0.15, -0.1) is 0 Å². The molecular weight excluding hydrogens is 270 g/mol. The largest absolute Gasteiger partial charge is 0.497 e. The number of hydrogen-bond donors (Lipinski definition) is 0. The van der Waals surface area contributed by atoms with Crippen molar-refractivity contribution in [1.29, 1.82) is 0 Å². The number of nitrogens with zero attached hydrogens (tertiary/aromatic N) is 1. The molecule has 2 aromatic rings. The van der Waals surface area contributed by atoms with Crippen LogP contribution in [-0.2, 0) is 0 Å². The lowest BCUT2D eigenvalue weighted by atomic mass is 10.0. The van der Waals surface area contributed by atoms with Gasteiger partial charge < -0.3 is 9.47 Å². The van der Waals surface area contributed by atoms with E-state index < -0.39 is 11.0 Å². The highest BCUT2D eigenvalue weighted by Gasteiger charge is 2.33. The number of rotatable bonds is 3. The topological polar surface area (TPSA) is 61.6 Å². The molecule has 0 saturated carbocycles. The van der Waals surface area contributed by atoms with Crippen LogP contribution in [0.15, 0.2) is 54.2 Å². The summed E-state index contributed by atoms with van der Waals surface area (Å²) in [5, 5.41) is 11.3. The Morgan fingerprint density at radius 2 is 1.95 bits per heavy atom. The molecule has 0 bridgehead atoms. The highest BCUT2D eigenvalue weighted by Crippen LogP contribution is 2.39. The van der Waals surface area contributed by atoms with Crippen molar-refractivity contribution in [1.82, 2.24) is 0 Å². The van der Waals surface area contributed by atoms with E-state index in [1.807, 2.05) is 30.3 Å². The molecule has 0 fully saturated rings. The maximum atomic E-state index is 11.3. The Morgan fingerprint density at radius 3 is 2.62 bits per heavy atom. The second-order valence-electron chi connectivity index (χ2n) is 4.64. The van der Waals surface area contributed by atoms with E-state index >= 15 is 0 Å². The number of ether oxygens (including phenoxy) is 2. The average Bonchev–Trinajstić information content (AvgIpc) is 2.53. The summed E-state index contributed by atoms with van der Waals surface area (Å²) in [6.07, 6.45) is 0.830. The Morgan fingerprint density at radius 1 is 1.19 bits per heavy atom. The summed E-state index contributed by atoms with van der Waals surface area (Å²) < 4.78 is 11.0. The predicted molar refractivity (Wildman–Crippen MR) is 77.8 cm³/mol. The molecule has 0 aliphatic carbocycles.